The largest absolute Gasteiger partial charge is 0.394 e. The summed E-state index contributed by atoms with van der Waals surface area (Å²) in [7, 11) is 0. The molecule has 1 rings (SSSR count). The molecular formula is C54H105NO8. The molecule has 0 saturated carbocycles. The van der Waals surface area contributed by atoms with Gasteiger partial charge in [0.15, 0.2) is 0 Å². The molecule has 0 radical (unpaired) electrons. The van der Waals surface area contributed by atoms with E-state index in [9.17, 15) is 35.4 Å². The zero-order chi connectivity index (χ0) is 46.0. The number of hydrogen-bond acceptors (Lipinski definition) is 8. The monoisotopic (exact) mass is 896 g/mol. The van der Waals surface area contributed by atoms with Gasteiger partial charge in [0.1, 0.15) is 36.6 Å². The SMILES string of the molecule is CCCCCCCCCCCCCCCCCCCCCCCCCCCCC(=O)N[C@@H](/C=C/[C@H]1OC(CO)[C@H](O)[C@H](O)C1O)[C@H](O)[C@@H](O)CCCCCCCCCCCCCC. The lowest BCUT2D eigenvalue weighted by Gasteiger charge is -2.39. The van der Waals surface area contributed by atoms with Gasteiger partial charge < -0.3 is 40.7 Å². The van der Waals surface area contributed by atoms with Crippen molar-refractivity contribution >= 4 is 5.91 Å². The first kappa shape index (κ1) is 59.9. The van der Waals surface area contributed by atoms with Crippen LogP contribution in [-0.4, -0.2) is 91.9 Å². The van der Waals surface area contributed by atoms with E-state index in [1.165, 1.54) is 218 Å². The molecule has 1 aliphatic heterocycles. The Hall–Kier alpha value is -1.07. The van der Waals surface area contributed by atoms with Gasteiger partial charge in [0.2, 0.25) is 5.91 Å². The van der Waals surface area contributed by atoms with Crippen molar-refractivity contribution in [1.82, 2.24) is 5.32 Å². The minimum absolute atomic E-state index is 0.223. The second-order valence-electron chi connectivity index (χ2n) is 19.6. The van der Waals surface area contributed by atoms with E-state index in [2.05, 4.69) is 19.2 Å². The van der Waals surface area contributed by atoms with E-state index in [0.29, 0.717) is 12.8 Å². The molecule has 63 heavy (non-hydrogen) atoms. The fourth-order valence-corrected chi connectivity index (χ4v) is 9.23. The second kappa shape index (κ2) is 43.5. The van der Waals surface area contributed by atoms with E-state index in [-0.39, 0.29) is 5.91 Å². The van der Waals surface area contributed by atoms with Crippen LogP contribution >= 0.6 is 0 Å². The first-order chi connectivity index (χ1) is 30.8. The fourth-order valence-electron chi connectivity index (χ4n) is 9.23. The van der Waals surface area contributed by atoms with Crippen LogP contribution in [0.1, 0.15) is 271 Å². The van der Waals surface area contributed by atoms with Crippen molar-refractivity contribution in [1.29, 1.82) is 0 Å². The van der Waals surface area contributed by atoms with Crippen molar-refractivity contribution in [2.45, 2.75) is 319 Å². The number of carbonyl (C=O) groups excluding carboxylic acids is 1. The Kier molecular flexibility index (Phi) is 41.4. The van der Waals surface area contributed by atoms with Gasteiger partial charge in [-0.2, -0.15) is 0 Å². The van der Waals surface area contributed by atoms with Gasteiger partial charge in [-0.05, 0) is 12.8 Å². The lowest BCUT2D eigenvalue weighted by Crippen LogP contribution is -2.58. The first-order valence-corrected chi connectivity index (χ1v) is 27.4. The number of aliphatic hydroxyl groups is 6. The molecule has 9 heteroatoms. The number of hydrogen-bond donors (Lipinski definition) is 7. The van der Waals surface area contributed by atoms with Crippen LogP contribution in [-0.2, 0) is 9.53 Å². The van der Waals surface area contributed by atoms with Crippen LogP contribution in [0, 0.1) is 0 Å². The average molecular weight is 896 g/mol. The van der Waals surface area contributed by atoms with Crippen LogP contribution in [0.15, 0.2) is 12.2 Å². The summed E-state index contributed by atoms with van der Waals surface area (Å²) in [6.07, 6.45) is 43.7. The van der Waals surface area contributed by atoms with Gasteiger partial charge in [0.05, 0.1) is 18.8 Å². The number of unbranched alkanes of at least 4 members (excludes halogenated alkanes) is 36. The highest BCUT2D eigenvalue weighted by molar-refractivity contribution is 5.76. The predicted molar refractivity (Wildman–Crippen MR) is 263 cm³/mol. The Labute approximate surface area is 388 Å². The molecule has 2 unspecified atom stereocenters. The summed E-state index contributed by atoms with van der Waals surface area (Å²) < 4.78 is 5.61. The molecule has 8 atom stereocenters. The van der Waals surface area contributed by atoms with Crippen molar-refractivity contribution < 1.29 is 40.2 Å². The third kappa shape index (κ3) is 33.1. The summed E-state index contributed by atoms with van der Waals surface area (Å²) >= 11 is 0. The maximum absolute atomic E-state index is 13.1. The van der Waals surface area contributed by atoms with Gasteiger partial charge in [-0.1, -0.05) is 264 Å². The van der Waals surface area contributed by atoms with Crippen molar-refractivity contribution in [3.63, 3.8) is 0 Å². The van der Waals surface area contributed by atoms with Gasteiger partial charge in [0, 0.05) is 6.42 Å². The molecule has 0 aromatic heterocycles. The standard InChI is InChI=1S/C54H105NO8/c1-3-5-7-9-11-13-15-17-18-19-20-21-22-23-24-25-26-27-28-29-30-32-34-36-38-40-42-50(58)55-46(43-44-48-52(60)54(62)53(61)49(45-56)63-48)51(59)47(57)41-39-37-35-33-31-16-14-12-10-8-6-4-2/h43-44,46-49,51-54,56-57,59-62H,3-42,45H2,1-2H3,(H,55,58)/b44-43+/t46-,47-,48+,49?,51-,52?,53-,54+/m0/s1. The Bertz CT molecular complexity index is 1010. The minimum Gasteiger partial charge on any atom is -0.394 e. The summed E-state index contributed by atoms with van der Waals surface area (Å²) in [6, 6.07) is -0.943. The highest BCUT2D eigenvalue weighted by atomic mass is 16.5. The summed E-state index contributed by atoms with van der Waals surface area (Å²) in [5.74, 6) is -0.223. The molecule has 1 aliphatic rings. The second-order valence-corrected chi connectivity index (χ2v) is 19.6. The number of ether oxygens (including phenoxy) is 1. The van der Waals surface area contributed by atoms with Crippen LogP contribution in [0.25, 0.3) is 0 Å². The third-order valence-corrected chi connectivity index (χ3v) is 13.6. The molecule has 1 saturated heterocycles. The average Bonchev–Trinajstić information content (AvgIpc) is 3.28. The van der Waals surface area contributed by atoms with Crippen LogP contribution in [0.3, 0.4) is 0 Å². The van der Waals surface area contributed by atoms with Gasteiger partial charge in [-0.25, -0.2) is 0 Å². The number of carbonyl (C=O) groups is 1. The molecule has 0 aromatic rings. The van der Waals surface area contributed by atoms with Gasteiger partial charge in [0.25, 0.3) is 0 Å². The van der Waals surface area contributed by atoms with E-state index in [0.717, 1.165) is 38.5 Å². The Balaban J connectivity index is 2.23. The Morgan fingerprint density at radius 2 is 0.825 bits per heavy atom. The van der Waals surface area contributed by atoms with Crippen molar-refractivity contribution in [2.24, 2.45) is 0 Å². The number of rotatable bonds is 46. The number of nitrogens with one attached hydrogen (secondary N) is 1. The molecule has 1 fully saturated rings. The van der Waals surface area contributed by atoms with Crippen molar-refractivity contribution in [3.05, 3.63) is 12.2 Å². The highest BCUT2D eigenvalue weighted by Crippen LogP contribution is 2.23. The van der Waals surface area contributed by atoms with E-state index in [4.69, 9.17) is 4.74 Å². The molecule has 1 heterocycles. The summed E-state index contributed by atoms with van der Waals surface area (Å²) in [5, 5.41) is 65.6. The lowest BCUT2D eigenvalue weighted by molar-refractivity contribution is -0.216. The molecular weight excluding hydrogens is 791 g/mol. The summed E-state index contributed by atoms with van der Waals surface area (Å²) in [6.45, 7) is 3.99. The minimum atomic E-state index is -1.53. The normalized spacial score (nSPS) is 20.7. The maximum atomic E-state index is 13.1. The highest BCUT2D eigenvalue weighted by Gasteiger charge is 2.42. The van der Waals surface area contributed by atoms with Gasteiger partial charge in [-0.15, -0.1) is 0 Å². The summed E-state index contributed by atoms with van der Waals surface area (Å²) in [4.78, 5) is 13.1. The van der Waals surface area contributed by atoms with E-state index < -0.39 is 55.4 Å². The Morgan fingerprint density at radius 3 is 1.17 bits per heavy atom. The first-order valence-electron chi connectivity index (χ1n) is 27.4. The predicted octanol–water partition coefficient (Wildman–Crippen LogP) is 12.2. The summed E-state index contributed by atoms with van der Waals surface area (Å²) in [5.41, 5.74) is 0. The zero-order valence-electron chi connectivity index (χ0n) is 41.3. The quantitative estimate of drug-likeness (QED) is 0.0235. The maximum Gasteiger partial charge on any atom is 0.220 e. The number of aliphatic hydroxyl groups excluding tert-OH is 6. The smallest absolute Gasteiger partial charge is 0.220 e. The third-order valence-electron chi connectivity index (χ3n) is 13.6. The molecule has 1 amide bonds. The van der Waals surface area contributed by atoms with Crippen LogP contribution < -0.4 is 5.32 Å². The topological polar surface area (TPSA) is 160 Å². The molecule has 0 aliphatic carbocycles. The molecule has 0 spiro atoms. The molecule has 9 nitrogen and oxygen atoms in total. The van der Waals surface area contributed by atoms with E-state index in [1.54, 1.807) is 0 Å². The van der Waals surface area contributed by atoms with E-state index in [1.807, 2.05) is 0 Å². The number of amides is 1. The molecule has 0 aromatic carbocycles. The Morgan fingerprint density at radius 1 is 0.492 bits per heavy atom. The van der Waals surface area contributed by atoms with Crippen molar-refractivity contribution in [2.75, 3.05) is 6.61 Å². The van der Waals surface area contributed by atoms with Crippen LogP contribution in [0.5, 0.6) is 0 Å². The fraction of sp³-hybridized carbons (Fsp3) is 0.944. The van der Waals surface area contributed by atoms with E-state index >= 15 is 0 Å². The lowest BCUT2D eigenvalue weighted by atomic mass is 9.93. The van der Waals surface area contributed by atoms with Gasteiger partial charge >= 0.3 is 0 Å². The van der Waals surface area contributed by atoms with Crippen molar-refractivity contribution in [3.8, 4) is 0 Å². The van der Waals surface area contributed by atoms with Crippen LogP contribution in [0.2, 0.25) is 0 Å². The molecule has 7 N–H and O–H groups in total. The molecule has 0 bridgehead atoms. The van der Waals surface area contributed by atoms with Crippen LogP contribution in [0.4, 0.5) is 0 Å². The molecule has 374 valence electrons. The zero-order valence-corrected chi connectivity index (χ0v) is 41.3. The van der Waals surface area contributed by atoms with Gasteiger partial charge in [-0.3, -0.25) is 4.79 Å².